The molecule has 0 saturated heterocycles. The van der Waals surface area contributed by atoms with Crippen molar-refractivity contribution in [1.29, 1.82) is 0 Å². The molecule has 0 radical (unpaired) electrons. The second kappa shape index (κ2) is 12.6. The number of benzene rings is 10. The first-order chi connectivity index (χ1) is 29.5. The first-order valence-electron chi connectivity index (χ1n) is 21.9. The highest BCUT2D eigenvalue weighted by Crippen LogP contribution is 2.64. The van der Waals surface area contributed by atoms with Gasteiger partial charge in [0.05, 0.1) is 5.41 Å². The summed E-state index contributed by atoms with van der Waals surface area (Å²) in [6, 6.07) is 69.7. The number of hydrogen-bond donors (Lipinski definition) is 0. The zero-order valence-electron chi connectivity index (χ0n) is 35.8. The van der Waals surface area contributed by atoms with Crippen molar-refractivity contribution in [3.05, 3.63) is 215 Å². The summed E-state index contributed by atoms with van der Waals surface area (Å²) in [5.41, 5.74) is 20.8. The van der Waals surface area contributed by atoms with Crippen molar-refractivity contribution in [2.45, 2.75) is 57.8 Å². The summed E-state index contributed by atoms with van der Waals surface area (Å²) in [5, 5.41) is 7.84. The van der Waals surface area contributed by atoms with Gasteiger partial charge in [0.1, 0.15) is 0 Å². The summed E-state index contributed by atoms with van der Waals surface area (Å²) >= 11 is 0. The Morgan fingerprint density at radius 3 is 1.28 bits per heavy atom. The fourth-order valence-corrected chi connectivity index (χ4v) is 11.1. The lowest BCUT2D eigenvalue weighted by atomic mass is 9.68. The Labute approximate surface area is 359 Å². The third-order valence-electron chi connectivity index (χ3n) is 14.2. The minimum absolute atomic E-state index is 0.0115. The van der Waals surface area contributed by atoms with Crippen LogP contribution in [0.3, 0.4) is 0 Å². The molecule has 0 atom stereocenters. The van der Waals surface area contributed by atoms with Crippen molar-refractivity contribution >= 4 is 32.3 Å². The van der Waals surface area contributed by atoms with Crippen LogP contribution in [0.2, 0.25) is 0 Å². The largest absolute Gasteiger partial charge is 0.0725 e. The average Bonchev–Trinajstić information content (AvgIpc) is 3.74. The van der Waals surface area contributed by atoms with E-state index in [0.29, 0.717) is 0 Å². The molecule has 61 heavy (non-hydrogen) atoms. The number of fused-ring (bicyclic) bond motifs is 10. The van der Waals surface area contributed by atoms with Gasteiger partial charge in [-0.15, -0.1) is 0 Å². The topological polar surface area (TPSA) is 0 Å². The maximum atomic E-state index is 2.56. The van der Waals surface area contributed by atoms with E-state index >= 15 is 0 Å². The van der Waals surface area contributed by atoms with Crippen LogP contribution in [0.1, 0.15) is 74.9 Å². The van der Waals surface area contributed by atoms with Gasteiger partial charge in [0.15, 0.2) is 0 Å². The van der Waals surface area contributed by atoms with Crippen LogP contribution in [0.4, 0.5) is 0 Å². The van der Waals surface area contributed by atoms with Crippen molar-refractivity contribution < 1.29 is 0 Å². The van der Waals surface area contributed by atoms with Gasteiger partial charge in [-0.25, -0.2) is 0 Å². The molecular weight excluding hydrogens is 733 g/mol. The van der Waals surface area contributed by atoms with E-state index in [9.17, 15) is 0 Å². The van der Waals surface area contributed by atoms with E-state index in [0.717, 1.165) is 0 Å². The average molecular weight is 781 g/mol. The predicted octanol–water partition coefficient (Wildman–Crippen LogP) is 16.5. The molecule has 0 nitrogen and oxygen atoms in total. The molecule has 10 aromatic rings. The number of hydrogen-bond acceptors (Lipinski definition) is 0. The smallest absolute Gasteiger partial charge is 0.0622 e. The third kappa shape index (κ3) is 5.12. The lowest BCUT2D eigenvalue weighted by molar-refractivity contribution is 0.586. The Morgan fingerprint density at radius 2 is 0.705 bits per heavy atom. The Bertz CT molecular complexity index is 3340. The molecule has 0 aromatic heterocycles. The lowest BCUT2D eigenvalue weighted by Crippen LogP contribution is -2.27. The Kier molecular flexibility index (Phi) is 7.48. The van der Waals surface area contributed by atoms with Crippen LogP contribution < -0.4 is 0 Å². The molecule has 0 heterocycles. The SMILES string of the molecule is CC(C)(C)c1ccc2c(c1)C1(c3ccccc3-c3ccc(-c4ccc5ccc6c(-c7ccc(-c8ccccc8)cc7)ccc7ccc4c5c76)cc31)c1cc(C(C)(C)C)ccc1-2. The highest BCUT2D eigenvalue weighted by Gasteiger charge is 2.52. The van der Waals surface area contributed by atoms with Gasteiger partial charge in [-0.1, -0.05) is 217 Å². The van der Waals surface area contributed by atoms with E-state index in [1.54, 1.807) is 0 Å². The summed E-state index contributed by atoms with van der Waals surface area (Å²) in [5.74, 6) is 0. The highest BCUT2D eigenvalue weighted by atomic mass is 14.5. The molecule has 0 aliphatic heterocycles. The second-order valence-electron chi connectivity index (χ2n) is 19.7. The zero-order chi connectivity index (χ0) is 41.4. The maximum absolute atomic E-state index is 2.56. The fraction of sp³-hybridized carbons (Fsp3) is 0.148. The van der Waals surface area contributed by atoms with Crippen molar-refractivity contribution in [1.82, 2.24) is 0 Å². The highest BCUT2D eigenvalue weighted by molar-refractivity contribution is 6.27. The fourth-order valence-electron chi connectivity index (χ4n) is 11.1. The van der Waals surface area contributed by atoms with Crippen LogP contribution in [0.25, 0.3) is 88.0 Å². The van der Waals surface area contributed by atoms with Gasteiger partial charge < -0.3 is 0 Å². The molecule has 292 valence electrons. The summed E-state index contributed by atoms with van der Waals surface area (Å²) in [7, 11) is 0. The zero-order valence-corrected chi connectivity index (χ0v) is 35.8. The second-order valence-corrected chi connectivity index (χ2v) is 19.7. The van der Waals surface area contributed by atoms with Crippen molar-refractivity contribution in [3.63, 3.8) is 0 Å². The van der Waals surface area contributed by atoms with Gasteiger partial charge in [-0.3, -0.25) is 0 Å². The van der Waals surface area contributed by atoms with Crippen LogP contribution in [0.5, 0.6) is 0 Å². The molecule has 0 N–H and O–H groups in total. The van der Waals surface area contributed by atoms with E-state index in [-0.39, 0.29) is 10.8 Å². The normalized spacial score (nSPS) is 13.9. The lowest BCUT2D eigenvalue weighted by Gasteiger charge is -2.33. The molecule has 0 unspecified atom stereocenters. The standard InChI is InChI=1S/C61H48/c1-59(2,3)43-25-32-49-50-33-26-44(60(4,5)6)36-56(50)61(55(49)35-43)53-15-11-10-14-47(53)48-29-24-42(34-54(48)61)46-28-21-41-22-30-51-45(27-20-40-23-31-52(46)58(41)57(40)51)39-18-16-38(17-19-39)37-12-8-7-9-13-37/h7-36H,1-6H3. The summed E-state index contributed by atoms with van der Waals surface area (Å²) in [6.45, 7) is 14.0. The van der Waals surface area contributed by atoms with Crippen LogP contribution in [-0.2, 0) is 16.2 Å². The van der Waals surface area contributed by atoms with Crippen LogP contribution in [-0.4, -0.2) is 0 Å². The molecule has 2 aliphatic carbocycles. The molecule has 0 fully saturated rings. The summed E-state index contributed by atoms with van der Waals surface area (Å²) < 4.78 is 0. The molecule has 1 spiro atoms. The maximum Gasteiger partial charge on any atom is 0.0725 e. The van der Waals surface area contributed by atoms with E-state index in [4.69, 9.17) is 0 Å². The van der Waals surface area contributed by atoms with Crippen LogP contribution in [0.15, 0.2) is 182 Å². The summed E-state index contributed by atoms with van der Waals surface area (Å²) in [6.07, 6.45) is 0. The van der Waals surface area contributed by atoms with E-state index in [1.807, 2.05) is 0 Å². The van der Waals surface area contributed by atoms with Crippen LogP contribution >= 0.6 is 0 Å². The molecule has 0 heteroatoms. The van der Waals surface area contributed by atoms with Crippen LogP contribution in [0, 0.1) is 0 Å². The molecule has 10 aromatic carbocycles. The van der Waals surface area contributed by atoms with Gasteiger partial charge >= 0.3 is 0 Å². The van der Waals surface area contributed by atoms with E-state index in [2.05, 4.69) is 224 Å². The van der Waals surface area contributed by atoms with Crippen molar-refractivity contribution in [2.75, 3.05) is 0 Å². The minimum atomic E-state index is -0.441. The van der Waals surface area contributed by atoms with Crippen molar-refractivity contribution in [2.24, 2.45) is 0 Å². The monoisotopic (exact) mass is 780 g/mol. The molecular formula is C61H48. The summed E-state index contributed by atoms with van der Waals surface area (Å²) in [4.78, 5) is 0. The molecule has 0 saturated carbocycles. The third-order valence-corrected chi connectivity index (χ3v) is 14.2. The predicted molar refractivity (Wildman–Crippen MR) is 260 cm³/mol. The molecule has 2 aliphatic rings. The number of rotatable bonds is 3. The van der Waals surface area contributed by atoms with Gasteiger partial charge in [0.2, 0.25) is 0 Å². The Balaban J connectivity index is 1.09. The molecule has 0 amide bonds. The van der Waals surface area contributed by atoms with Gasteiger partial charge in [0.25, 0.3) is 0 Å². The Morgan fingerprint density at radius 1 is 0.295 bits per heavy atom. The molecule has 0 bridgehead atoms. The van der Waals surface area contributed by atoms with Gasteiger partial charge in [-0.05, 0) is 138 Å². The van der Waals surface area contributed by atoms with Crippen molar-refractivity contribution in [3.8, 4) is 55.6 Å². The van der Waals surface area contributed by atoms with E-state index < -0.39 is 5.41 Å². The Hall–Kier alpha value is -6.76. The van der Waals surface area contributed by atoms with Gasteiger partial charge in [0, 0.05) is 0 Å². The quantitative estimate of drug-likeness (QED) is 0.157. The van der Waals surface area contributed by atoms with Gasteiger partial charge in [-0.2, -0.15) is 0 Å². The van der Waals surface area contributed by atoms with E-state index in [1.165, 1.54) is 121 Å². The minimum Gasteiger partial charge on any atom is -0.0622 e. The first kappa shape index (κ1) is 36.1. The first-order valence-corrected chi connectivity index (χ1v) is 21.9. The molecule has 12 rings (SSSR count).